The number of para-hydroxylation sites is 1. The molecule has 0 saturated carbocycles. The smallest absolute Gasteiger partial charge is 0.344 e. The number of rotatable bonds is 3. The number of thiocarbonyl (C=S) groups is 1. The molecule has 0 radical (unpaired) electrons. The predicted molar refractivity (Wildman–Crippen MR) is 131 cm³/mol. The molecule has 5 nitrogen and oxygen atoms in total. The van der Waals surface area contributed by atoms with E-state index in [2.05, 4.69) is 26.6 Å². The number of benzene rings is 3. The first-order valence-electron chi connectivity index (χ1n) is 9.11. The van der Waals surface area contributed by atoms with Gasteiger partial charge in [0, 0.05) is 15.5 Å². The van der Waals surface area contributed by atoms with Crippen LogP contribution in [0.15, 0.2) is 86.5 Å². The average Bonchev–Trinajstić information content (AvgIpc) is 2.75. The van der Waals surface area contributed by atoms with Gasteiger partial charge in [-0.05, 0) is 60.2 Å². The molecule has 0 unspecified atom stereocenters. The van der Waals surface area contributed by atoms with Crippen LogP contribution in [0.5, 0.6) is 0 Å². The molecule has 4 rings (SSSR count). The van der Waals surface area contributed by atoms with E-state index in [1.165, 1.54) is 0 Å². The second-order valence-electron chi connectivity index (χ2n) is 6.60. The minimum Gasteiger partial charge on any atom is -0.422 e. The third-order valence-corrected chi connectivity index (χ3v) is 5.52. The Morgan fingerprint density at radius 3 is 2.52 bits per heavy atom. The quantitative estimate of drug-likeness (QED) is 0.260. The van der Waals surface area contributed by atoms with Gasteiger partial charge in [-0.25, -0.2) is 4.79 Å². The summed E-state index contributed by atoms with van der Waals surface area (Å²) in [4.78, 5) is 24.8. The van der Waals surface area contributed by atoms with Crippen LogP contribution in [-0.2, 0) is 0 Å². The second-order valence-corrected chi connectivity index (χ2v) is 8.33. The van der Waals surface area contributed by atoms with Gasteiger partial charge in [0.25, 0.3) is 5.91 Å². The molecule has 0 aliphatic heterocycles. The molecular weight excluding hydrogens is 500 g/mol. The molecule has 154 valence electrons. The lowest BCUT2D eigenvalue weighted by molar-refractivity contribution is 0.0978. The van der Waals surface area contributed by atoms with E-state index < -0.39 is 11.5 Å². The number of carbonyl (C=O) groups is 1. The first-order valence-corrected chi connectivity index (χ1v) is 10.7. The maximum atomic E-state index is 12.4. The molecule has 0 fully saturated rings. The van der Waals surface area contributed by atoms with Gasteiger partial charge in [0.2, 0.25) is 0 Å². The van der Waals surface area contributed by atoms with Gasteiger partial charge in [0.15, 0.2) is 5.11 Å². The number of hydrogen-bond donors (Lipinski definition) is 2. The van der Waals surface area contributed by atoms with E-state index >= 15 is 0 Å². The van der Waals surface area contributed by atoms with Gasteiger partial charge in [-0.2, -0.15) is 0 Å². The summed E-state index contributed by atoms with van der Waals surface area (Å²) in [7, 11) is 0. The van der Waals surface area contributed by atoms with Gasteiger partial charge in [-0.3, -0.25) is 10.1 Å². The van der Waals surface area contributed by atoms with Crippen LogP contribution in [0, 0.1) is 0 Å². The molecule has 0 aliphatic rings. The highest BCUT2D eigenvalue weighted by atomic mass is 79.9. The monoisotopic (exact) mass is 512 g/mol. The summed E-state index contributed by atoms with van der Waals surface area (Å²) in [5.74, 6) is -0.422. The highest BCUT2D eigenvalue weighted by Crippen LogP contribution is 2.23. The molecule has 31 heavy (non-hydrogen) atoms. The van der Waals surface area contributed by atoms with Crippen molar-refractivity contribution in [3.05, 3.63) is 98.3 Å². The van der Waals surface area contributed by atoms with Gasteiger partial charge < -0.3 is 9.73 Å². The number of nitrogens with one attached hydrogen (secondary N) is 2. The van der Waals surface area contributed by atoms with Gasteiger partial charge in [-0.1, -0.05) is 57.9 Å². The van der Waals surface area contributed by atoms with Crippen LogP contribution in [0.3, 0.4) is 0 Å². The molecule has 4 aromatic rings. The van der Waals surface area contributed by atoms with E-state index in [4.69, 9.17) is 28.2 Å². The summed E-state index contributed by atoms with van der Waals surface area (Å²) in [6.07, 6.45) is 0. The molecule has 2 N–H and O–H groups in total. The Bertz CT molecular complexity index is 1370. The van der Waals surface area contributed by atoms with E-state index in [0.29, 0.717) is 33.0 Å². The molecule has 1 aromatic heterocycles. The highest BCUT2D eigenvalue weighted by Gasteiger charge is 2.13. The molecule has 0 spiro atoms. The summed E-state index contributed by atoms with van der Waals surface area (Å²) in [6, 6.07) is 21.2. The van der Waals surface area contributed by atoms with Crippen molar-refractivity contribution in [2.75, 3.05) is 5.32 Å². The van der Waals surface area contributed by atoms with Crippen LogP contribution in [0.25, 0.3) is 22.1 Å². The summed E-state index contributed by atoms with van der Waals surface area (Å²) < 4.78 is 6.12. The van der Waals surface area contributed by atoms with Gasteiger partial charge in [0.1, 0.15) is 5.58 Å². The summed E-state index contributed by atoms with van der Waals surface area (Å²) in [5, 5.41) is 6.83. The lowest BCUT2D eigenvalue weighted by Gasteiger charge is -2.11. The third kappa shape index (κ3) is 4.85. The number of halogens is 2. The molecule has 1 amide bonds. The van der Waals surface area contributed by atoms with Crippen molar-refractivity contribution < 1.29 is 9.21 Å². The van der Waals surface area contributed by atoms with Crippen LogP contribution in [0.4, 0.5) is 5.69 Å². The van der Waals surface area contributed by atoms with Gasteiger partial charge in [0.05, 0.1) is 16.1 Å². The van der Waals surface area contributed by atoms with Crippen molar-refractivity contribution in [3.63, 3.8) is 0 Å². The van der Waals surface area contributed by atoms with Crippen molar-refractivity contribution in [3.8, 4) is 11.1 Å². The third-order valence-electron chi connectivity index (χ3n) is 4.50. The van der Waals surface area contributed by atoms with Crippen LogP contribution in [0.1, 0.15) is 10.4 Å². The fraction of sp³-hybridized carbons (Fsp3) is 0. The second kappa shape index (κ2) is 9.01. The van der Waals surface area contributed by atoms with Crippen LogP contribution in [0.2, 0.25) is 5.02 Å². The molecule has 1 heterocycles. The normalized spacial score (nSPS) is 10.6. The van der Waals surface area contributed by atoms with Crippen LogP contribution >= 0.6 is 39.7 Å². The number of fused-ring (bicyclic) bond motifs is 1. The van der Waals surface area contributed by atoms with Crippen molar-refractivity contribution in [1.29, 1.82) is 0 Å². The first-order chi connectivity index (χ1) is 14.9. The summed E-state index contributed by atoms with van der Waals surface area (Å²) >= 11 is 14.6. The zero-order chi connectivity index (χ0) is 22.0. The zero-order valence-electron chi connectivity index (χ0n) is 15.8. The predicted octanol–water partition coefficient (Wildman–Crippen LogP) is 6.00. The Hall–Kier alpha value is -3.00. The minimum absolute atomic E-state index is 0.124. The van der Waals surface area contributed by atoms with Gasteiger partial charge in [-0.15, -0.1) is 0 Å². The molecule has 0 saturated heterocycles. The first kappa shape index (κ1) is 21.2. The molecular formula is C23H14BrClN2O3S. The van der Waals surface area contributed by atoms with E-state index in [1.54, 1.807) is 54.6 Å². The number of anilines is 1. The largest absolute Gasteiger partial charge is 0.422 e. The lowest BCUT2D eigenvalue weighted by Crippen LogP contribution is -2.34. The fourth-order valence-electron chi connectivity index (χ4n) is 3.00. The number of hydrogen-bond acceptors (Lipinski definition) is 4. The number of amides is 1. The van der Waals surface area contributed by atoms with Crippen molar-refractivity contribution >= 4 is 67.4 Å². The molecule has 3 aromatic carbocycles. The Labute approximate surface area is 196 Å². The Morgan fingerprint density at radius 1 is 1.00 bits per heavy atom. The Morgan fingerprint density at radius 2 is 1.74 bits per heavy atom. The minimum atomic E-state index is -0.422. The highest BCUT2D eigenvalue weighted by molar-refractivity contribution is 9.10. The van der Waals surface area contributed by atoms with Gasteiger partial charge >= 0.3 is 5.63 Å². The van der Waals surface area contributed by atoms with E-state index in [-0.39, 0.29) is 5.11 Å². The molecule has 0 atom stereocenters. The number of carbonyl (C=O) groups excluding carboxylic acids is 1. The molecule has 0 aliphatic carbocycles. The maximum Gasteiger partial charge on any atom is 0.344 e. The van der Waals surface area contributed by atoms with Crippen molar-refractivity contribution in [1.82, 2.24) is 5.32 Å². The fourth-order valence-corrected chi connectivity index (χ4v) is 3.78. The van der Waals surface area contributed by atoms with E-state index in [0.717, 1.165) is 9.86 Å². The molecule has 0 bridgehead atoms. The lowest BCUT2D eigenvalue weighted by atomic mass is 10.1. The maximum absolute atomic E-state index is 12.4. The Kier molecular flexibility index (Phi) is 6.18. The van der Waals surface area contributed by atoms with E-state index in [1.807, 2.05) is 18.2 Å². The van der Waals surface area contributed by atoms with Crippen LogP contribution < -0.4 is 16.3 Å². The van der Waals surface area contributed by atoms with E-state index in [9.17, 15) is 9.59 Å². The Balaban J connectivity index is 1.48. The standard InChI is InChI=1S/C23H14BrClN2O3S/c24-15-7-10-19(25)18(12-15)21(28)27-23(31)26-16-8-5-13(6-9-16)17-11-14-3-1-2-4-20(14)30-22(17)29/h1-12H,(H2,26,27,28,31). The van der Waals surface area contributed by atoms with Crippen LogP contribution in [-0.4, -0.2) is 11.0 Å². The van der Waals surface area contributed by atoms with Crippen molar-refractivity contribution in [2.24, 2.45) is 0 Å². The SMILES string of the molecule is O=C(NC(=S)Nc1ccc(-c2cc3ccccc3oc2=O)cc1)c1cc(Br)ccc1Cl. The summed E-state index contributed by atoms with van der Waals surface area (Å²) in [5.41, 5.74) is 2.26. The molecule has 8 heteroatoms. The topological polar surface area (TPSA) is 71.3 Å². The zero-order valence-corrected chi connectivity index (χ0v) is 19.0. The summed E-state index contributed by atoms with van der Waals surface area (Å²) in [6.45, 7) is 0. The van der Waals surface area contributed by atoms with Crippen molar-refractivity contribution in [2.45, 2.75) is 0 Å². The average molecular weight is 514 g/mol.